The highest BCUT2D eigenvalue weighted by Crippen LogP contribution is 2.35. The maximum atomic E-state index is 3.52. The van der Waals surface area contributed by atoms with E-state index in [9.17, 15) is 0 Å². The summed E-state index contributed by atoms with van der Waals surface area (Å²) >= 11 is 0. The van der Waals surface area contributed by atoms with Crippen LogP contribution >= 0.6 is 0 Å². The predicted octanol–water partition coefficient (Wildman–Crippen LogP) is 3.07. The first-order chi connectivity index (χ1) is 8.17. The normalized spacial score (nSPS) is 26.8. The standard InChI is InChI=1S/C15H22N2/c1-15(2)8-5-9-17(15)11-12-10-16-14-7-4-3-6-13(12)14/h3-4,6-7,12,16H,5,8-11H2,1-2H3. The van der Waals surface area contributed by atoms with Crippen molar-refractivity contribution >= 4 is 5.69 Å². The molecule has 2 heterocycles. The van der Waals surface area contributed by atoms with Crippen LogP contribution in [-0.4, -0.2) is 30.1 Å². The third-order valence-electron chi connectivity index (χ3n) is 4.45. The van der Waals surface area contributed by atoms with Crippen LogP contribution in [0.2, 0.25) is 0 Å². The van der Waals surface area contributed by atoms with Gasteiger partial charge in [0.2, 0.25) is 0 Å². The molecule has 2 nitrogen and oxygen atoms in total. The quantitative estimate of drug-likeness (QED) is 0.840. The molecule has 0 bridgehead atoms. The molecule has 0 aromatic heterocycles. The number of hydrogen-bond donors (Lipinski definition) is 1. The van der Waals surface area contributed by atoms with E-state index < -0.39 is 0 Å². The van der Waals surface area contributed by atoms with Crippen molar-refractivity contribution in [3.63, 3.8) is 0 Å². The zero-order valence-corrected chi connectivity index (χ0v) is 10.9. The Balaban J connectivity index is 1.76. The molecule has 1 atom stereocenters. The van der Waals surface area contributed by atoms with Crippen molar-refractivity contribution in [2.75, 3.05) is 25.0 Å². The molecule has 1 unspecified atom stereocenters. The first-order valence-corrected chi connectivity index (χ1v) is 6.75. The molecule has 2 heteroatoms. The summed E-state index contributed by atoms with van der Waals surface area (Å²) in [6.45, 7) is 8.34. The van der Waals surface area contributed by atoms with Gasteiger partial charge in [-0.25, -0.2) is 0 Å². The van der Waals surface area contributed by atoms with Crippen LogP contribution in [0.25, 0.3) is 0 Å². The van der Waals surface area contributed by atoms with Gasteiger partial charge in [-0.05, 0) is 44.9 Å². The molecule has 0 aliphatic carbocycles. The van der Waals surface area contributed by atoms with Gasteiger partial charge in [0.05, 0.1) is 0 Å². The first-order valence-electron chi connectivity index (χ1n) is 6.75. The van der Waals surface area contributed by atoms with E-state index in [1.54, 1.807) is 0 Å². The van der Waals surface area contributed by atoms with Gasteiger partial charge in [-0.2, -0.15) is 0 Å². The third-order valence-corrected chi connectivity index (χ3v) is 4.45. The first kappa shape index (κ1) is 11.1. The lowest BCUT2D eigenvalue weighted by Crippen LogP contribution is -2.41. The van der Waals surface area contributed by atoms with Gasteiger partial charge < -0.3 is 5.32 Å². The van der Waals surface area contributed by atoms with Gasteiger partial charge in [0.15, 0.2) is 0 Å². The van der Waals surface area contributed by atoms with E-state index in [0.29, 0.717) is 11.5 Å². The van der Waals surface area contributed by atoms with Crippen molar-refractivity contribution in [3.05, 3.63) is 29.8 Å². The summed E-state index contributed by atoms with van der Waals surface area (Å²) in [7, 11) is 0. The van der Waals surface area contributed by atoms with Crippen LogP contribution in [0, 0.1) is 0 Å². The Morgan fingerprint density at radius 1 is 1.35 bits per heavy atom. The SMILES string of the molecule is CC1(C)CCCN1CC1CNc2ccccc21. The number of rotatable bonds is 2. The van der Waals surface area contributed by atoms with E-state index in [1.165, 1.54) is 37.2 Å². The summed E-state index contributed by atoms with van der Waals surface area (Å²) < 4.78 is 0. The van der Waals surface area contributed by atoms with Crippen molar-refractivity contribution in [2.45, 2.75) is 38.1 Å². The highest BCUT2D eigenvalue weighted by molar-refractivity contribution is 5.57. The fourth-order valence-electron chi connectivity index (χ4n) is 3.29. The molecule has 92 valence electrons. The molecule has 1 aromatic carbocycles. The summed E-state index contributed by atoms with van der Waals surface area (Å²) in [6.07, 6.45) is 2.70. The predicted molar refractivity (Wildman–Crippen MR) is 72.6 cm³/mol. The molecule has 0 amide bonds. The number of fused-ring (bicyclic) bond motifs is 1. The molecule has 1 aromatic rings. The number of nitrogens with one attached hydrogen (secondary N) is 1. The fourth-order valence-corrected chi connectivity index (χ4v) is 3.29. The average Bonchev–Trinajstić information content (AvgIpc) is 2.85. The highest BCUT2D eigenvalue weighted by atomic mass is 15.2. The van der Waals surface area contributed by atoms with Crippen molar-refractivity contribution < 1.29 is 0 Å². The Kier molecular flexibility index (Phi) is 2.62. The fraction of sp³-hybridized carbons (Fsp3) is 0.600. The lowest BCUT2D eigenvalue weighted by molar-refractivity contribution is 0.167. The average molecular weight is 230 g/mol. The van der Waals surface area contributed by atoms with E-state index >= 15 is 0 Å². The number of nitrogens with zero attached hydrogens (tertiary/aromatic N) is 1. The maximum absolute atomic E-state index is 3.52. The van der Waals surface area contributed by atoms with E-state index in [2.05, 4.69) is 48.3 Å². The molecule has 3 rings (SSSR count). The molecule has 2 aliphatic heterocycles. The van der Waals surface area contributed by atoms with Crippen LogP contribution in [0.4, 0.5) is 5.69 Å². The number of benzene rings is 1. The van der Waals surface area contributed by atoms with Crippen molar-refractivity contribution in [1.82, 2.24) is 4.90 Å². The van der Waals surface area contributed by atoms with Crippen LogP contribution in [-0.2, 0) is 0 Å². The van der Waals surface area contributed by atoms with Crippen LogP contribution in [0.5, 0.6) is 0 Å². The van der Waals surface area contributed by atoms with Crippen molar-refractivity contribution in [1.29, 1.82) is 0 Å². The summed E-state index contributed by atoms with van der Waals surface area (Å²) in [5.41, 5.74) is 3.25. The summed E-state index contributed by atoms with van der Waals surface area (Å²) in [5.74, 6) is 0.670. The second-order valence-electron chi connectivity index (χ2n) is 6.03. The van der Waals surface area contributed by atoms with Crippen LogP contribution < -0.4 is 5.32 Å². The monoisotopic (exact) mass is 230 g/mol. The van der Waals surface area contributed by atoms with Crippen molar-refractivity contribution in [3.8, 4) is 0 Å². The van der Waals surface area contributed by atoms with E-state index in [-0.39, 0.29) is 0 Å². The molecule has 0 radical (unpaired) electrons. The number of hydrogen-bond acceptors (Lipinski definition) is 2. The van der Waals surface area contributed by atoms with Crippen molar-refractivity contribution in [2.24, 2.45) is 0 Å². The largest absolute Gasteiger partial charge is 0.384 e. The Morgan fingerprint density at radius 3 is 2.94 bits per heavy atom. The minimum absolute atomic E-state index is 0.400. The minimum atomic E-state index is 0.400. The Hall–Kier alpha value is -1.02. The topological polar surface area (TPSA) is 15.3 Å². The Morgan fingerprint density at radius 2 is 2.18 bits per heavy atom. The molecule has 1 saturated heterocycles. The molecule has 17 heavy (non-hydrogen) atoms. The van der Waals surface area contributed by atoms with Crippen LogP contribution in [0.15, 0.2) is 24.3 Å². The third kappa shape index (κ3) is 1.95. The lowest BCUT2D eigenvalue weighted by Gasteiger charge is -2.33. The molecule has 0 spiro atoms. The number of para-hydroxylation sites is 1. The van der Waals surface area contributed by atoms with Gasteiger partial charge >= 0.3 is 0 Å². The maximum Gasteiger partial charge on any atom is 0.0376 e. The van der Waals surface area contributed by atoms with E-state index in [1.807, 2.05) is 0 Å². The van der Waals surface area contributed by atoms with Gasteiger partial charge in [-0.1, -0.05) is 18.2 Å². The number of likely N-dealkylation sites (tertiary alicyclic amines) is 1. The molecular weight excluding hydrogens is 208 g/mol. The van der Waals surface area contributed by atoms with E-state index in [0.717, 1.165) is 6.54 Å². The second-order valence-corrected chi connectivity index (χ2v) is 6.03. The van der Waals surface area contributed by atoms with Gasteiger partial charge in [0.1, 0.15) is 0 Å². The zero-order valence-electron chi connectivity index (χ0n) is 10.9. The van der Waals surface area contributed by atoms with Gasteiger partial charge in [-0.3, -0.25) is 4.90 Å². The lowest BCUT2D eigenvalue weighted by atomic mass is 9.97. The van der Waals surface area contributed by atoms with Gasteiger partial charge in [0.25, 0.3) is 0 Å². The van der Waals surface area contributed by atoms with E-state index in [4.69, 9.17) is 0 Å². The summed E-state index contributed by atoms with van der Waals surface area (Å²) in [6, 6.07) is 8.76. The van der Waals surface area contributed by atoms with Gasteiger partial charge in [-0.15, -0.1) is 0 Å². The highest BCUT2D eigenvalue weighted by Gasteiger charge is 2.34. The summed E-state index contributed by atoms with van der Waals surface area (Å²) in [4.78, 5) is 2.67. The summed E-state index contributed by atoms with van der Waals surface area (Å²) in [5, 5.41) is 3.52. The molecule has 0 saturated carbocycles. The smallest absolute Gasteiger partial charge is 0.0376 e. The molecule has 2 aliphatic rings. The Labute approximate surface area is 104 Å². The molecular formula is C15H22N2. The zero-order chi connectivity index (χ0) is 11.9. The number of anilines is 1. The minimum Gasteiger partial charge on any atom is -0.384 e. The van der Waals surface area contributed by atoms with Gasteiger partial charge in [0, 0.05) is 30.2 Å². The van der Waals surface area contributed by atoms with Crippen LogP contribution in [0.3, 0.4) is 0 Å². The second kappa shape index (κ2) is 4.02. The molecule has 1 N–H and O–H groups in total. The Bertz CT molecular complexity index is 411. The van der Waals surface area contributed by atoms with Crippen LogP contribution in [0.1, 0.15) is 38.2 Å². The molecule has 1 fully saturated rings.